The topological polar surface area (TPSA) is 96.0 Å². The lowest BCUT2D eigenvalue weighted by molar-refractivity contribution is -0.140. The van der Waals surface area contributed by atoms with Crippen molar-refractivity contribution in [1.82, 2.24) is 10.2 Å². The molecule has 0 aromatic heterocycles. The van der Waals surface area contributed by atoms with Crippen molar-refractivity contribution < 1.29 is 22.7 Å². The van der Waals surface area contributed by atoms with Gasteiger partial charge in [0.25, 0.3) is 0 Å². The number of anilines is 1. The molecule has 1 N–H and O–H groups in total. The van der Waals surface area contributed by atoms with E-state index in [2.05, 4.69) is 21.2 Å². The van der Waals surface area contributed by atoms with Gasteiger partial charge in [-0.1, -0.05) is 35.0 Å². The standard InChI is InChI=1S/C22H28BrN3O5S/c1-5-20(22(28)24-2)25(14-16-7-6-8-19(13-16)31-3)21(27)15-26(32(4,29)30)18-11-9-17(23)10-12-18/h6-13,20H,5,14-15H2,1-4H3,(H,24,28). The highest BCUT2D eigenvalue weighted by Crippen LogP contribution is 2.22. The molecule has 0 aliphatic heterocycles. The van der Waals surface area contributed by atoms with Crippen molar-refractivity contribution in [3.63, 3.8) is 0 Å². The van der Waals surface area contributed by atoms with Crippen LogP contribution in [0.1, 0.15) is 18.9 Å². The van der Waals surface area contributed by atoms with E-state index >= 15 is 0 Å². The molecule has 0 saturated carbocycles. The molecule has 1 unspecified atom stereocenters. The number of rotatable bonds is 10. The summed E-state index contributed by atoms with van der Waals surface area (Å²) in [6.45, 7) is 1.49. The van der Waals surface area contributed by atoms with Crippen molar-refractivity contribution in [2.45, 2.75) is 25.9 Å². The van der Waals surface area contributed by atoms with Crippen LogP contribution in [0, 0.1) is 0 Å². The first kappa shape index (κ1) is 25.7. The van der Waals surface area contributed by atoms with Gasteiger partial charge in [0.2, 0.25) is 21.8 Å². The molecule has 0 spiro atoms. The SMILES string of the molecule is CCC(C(=O)NC)N(Cc1cccc(OC)c1)C(=O)CN(c1ccc(Br)cc1)S(C)(=O)=O. The minimum atomic E-state index is -3.75. The van der Waals surface area contributed by atoms with Gasteiger partial charge in [0.05, 0.1) is 19.1 Å². The Labute approximate surface area is 197 Å². The first-order valence-electron chi connectivity index (χ1n) is 9.98. The molecule has 0 saturated heterocycles. The largest absolute Gasteiger partial charge is 0.497 e. The number of sulfonamides is 1. The summed E-state index contributed by atoms with van der Waals surface area (Å²) in [6, 6.07) is 13.0. The van der Waals surface area contributed by atoms with Gasteiger partial charge in [0.15, 0.2) is 0 Å². The van der Waals surface area contributed by atoms with Crippen LogP contribution in [0.15, 0.2) is 53.0 Å². The van der Waals surface area contributed by atoms with Crippen LogP contribution in [0.25, 0.3) is 0 Å². The van der Waals surface area contributed by atoms with Crippen LogP contribution >= 0.6 is 15.9 Å². The number of methoxy groups -OCH3 is 1. The second-order valence-corrected chi connectivity index (χ2v) is 9.98. The van der Waals surface area contributed by atoms with Crippen LogP contribution in [-0.2, 0) is 26.2 Å². The van der Waals surface area contributed by atoms with E-state index in [9.17, 15) is 18.0 Å². The van der Waals surface area contributed by atoms with E-state index in [1.54, 1.807) is 56.5 Å². The van der Waals surface area contributed by atoms with Gasteiger partial charge >= 0.3 is 0 Å². The summed E-state index contributed by atoms with van der Waals surface area (Å²) in [5, 5.41) is 2.59. The van der Waals surface area contributed by atoms with Gasteiger partial charge in [-0.25, -0.2) is 8.42 Å². The van der Waals surface area contributed by atoms with Gasteiger partial charge in [-0.3, -0.25) is 13.9 Å². The highest BCUT2D eigenvalue weighted by Gasteiger charge is 2.31. The van der Waals surface area contributed by atoms with Crippen molar-refractivity contribution >= 4 is 43.5 Å². The van der Waals surface area contributed by atoms with Crippen LogP contribution in [0.3, 0.4) is 0 Å². The van der Waals surface area contributed by atoms with Gasteiger partial charge < -0.3 is 15.0 Å². The Morgan fingerprint density at radius 2 is 1.81 bits per heavy atom. The zero-order valence-corrected chi connectivity index (χ0v) is 20.9. The van der Waals surface area contributed by atoms with Crippen molar-refractivity contribution in [2.24, 2.45) is 0 Å². The van der Waals surface area contributed by atoms with Crippen molar-refractivity contribution in [1.29, 1.82) is 0 Å². The molecule has 8 nitrogen and oxygen atoms in total. The molecule has 174 valence electrons. The Hall–Kier alpha value is -2.59. The van der Waals surface area contributed by atoms with Crippen LogP contribution in [0.5, 0.6) is 5.75 Å². The number of carbonyl (C=O) groups excluding carboxylic acids is 2. The first-order valence-corrected chi connectivity index (χ1v) is 12.6. The van der Waals surface area contributed by atoms with Gasteiger partial charge in [0.1, 0.15) is 18.3 Å². The minimum absolute atomic E-state index is 0.125. The summed E-state index contributed by atoms with van der Waals surface area (Å²) in [4.78, 5) is 27.4. The summed E-state index contributed by atoms with van der Waals surface area (Å²) in [5.41, 5.74) is 1.12. The third-order valence-corrected chi connectivity index (χ3v) is 6.58. The van der Waals surface area contributed by atoms with Crippen molar-refractivity contribution in [2.75, 3.05) is 31.3 Å². The van der Waals surface area contributed by atoms with Gasteiger partial charge in [0, 0.05) is 18.1 Å². The number of likely N-dealkylation sites (N-methyl/N-ethyl adjacent to an activating group) is 1. The zero-order chi connectivity index (χ0) is 23.9. The Morgan fingerprint density at radius 3 is 2.34 bits per heavy atom. The molecule has 2 aromatic rings. The number of amides is 2. The number of carbonyl (C=O) groups is 2. The second kappa shape index (κ2) is 11.3. The van der Waals surface area contributed by atoms with Gasteiger partial charge in [-0.2, -0.15) is 0 Å². The maximum Gasteiger partial charge on any atom is 0.244 e. The summed E-state index contributed by atoms with van der Waals surface area (Å²) in [6.07, 6.45) is 1.41. The van der Waals surface area contributed by atoms with Crippen LogP contribution in [-0.4, -0.2) is 58.1 Å². The molecule has 2 amide bonds. The Balaban J connectivity index is 2.42. The maximum atomic E-state index is 13.4. The fourth-order valence-electron chi connectivity index (χ4n) is 3.27. The van der Waals surface area contributed by atoms with Crippen molar-refractivity contribution in [3.05, 3.63) is 58.6 Å². The predicted octanol–water partition coefficient (Wildman–Crippen LogP) is 2.78. The smallest absolute Gasteiger partial charge is 0.244 e. The molecule has 32 heavy (non-hydrogen) atoms. The lowest BCUT2D eigenvalue weighted by Crippen LogP contribution is -2.51. The van der Waals surface area contributed by atoms with E-state index in [1.807, 2.05) is 6.07 Å². The molecule has 0 fully saturated rings. The van der Waals surface area contributed by atoms with E-state index in [-0.39, 0.29) is 12.5 Å². The van der Waals surface area contributed by atoms with E-state index in [0.717, 1.165) is 20.6 Å². The van der Waals surface area contributed by atoms with E-state index in [0.29, 0.717) is 17.9 Å². The monoisotopic (exact) mass is 525 g/mol. The number of nitrogens with zero attached hydrogens (tertiary/aromatic N) is 2. The van der Waals surface area contributed by atoms with Crippen molar-refractivity contribution in [3.8, 4) is 5.75 Å². The van der Waals surface area contributed by atoms with E-state index in [4.69, 9.17) is 4.74 Å². The molecule has 0 bridgehead atoms. The Bertz CT molecular complexity index is 1040. The third-order valence-electron chi connectivity index (χ3n) is 4.91. The maximum absolute atomic E-state index is 13.4. The summed E-state index contributed by atoms with van der Waals surface area (Å²) in [5.74, 6) is -0.189. The highest BCUT2D eigenvalue weighted by atomic mass is 79.9. The minimum Gasteiger partial charge on any atom is -0.497 e. The number of ether oxygens (including phenoxy) is 1. The van der Waals surface area contributed by atoms with Crippen LogP contribution in [0.2, 0.25) is 0 Å². The fraction of sp³-hybridized carbons (Fsp3) is 0.364. The number of halogens is 1. The summed E-state index contributed by atoms with van der Waals surface area (Å²) >= 11 is 3.32. The van der Waals surface area contributed by atoms with E-state index < -0.39 is 28.5 Å². The third kappa shape index (κ3) is 6.70. The van der Waals surface area contributed by atoms with Crippen LogP contribution < -0.4 is 14.4 Å². The average Bonchev–Trinajstić information content (AvgIpc) is 2.77. The summed E-state index contributed by atoms with van der Waals surface area (Å²) in [7, 11) is -0.702. The second-order valence-electron chi connectivity index (χ2n) is 7.16. The van der Waals surface area contributed by atoms with Crippen LogP contribution in [0.4, 0.5) is 5.69 Å². The van der Waals surface area contributed by atoms with Gasteiger partial charge in [-0.05, 0) is 48.4 Å². The molecule has 1 atom stereocenters. The van der Waals surface area contributed by atoms with Gasteiger partial charge in [-0.15, -0.1) is 0 Å². The molecule has 2 aromatic carbocycles. The molecule has 10 heteroatoms. The molecular weight excluding hydrogens is 498 g/mol. The lowest BCUT2D eigenvalue weighted by atomic mass is 10.1. The summed E-state index contributed by atoms with van der Waals surface area (Å²) < 4.78 is 32.1. The number of hydrogen-bond donors (Lipinski definition) is 1. The number of benzene rings is 2. The zero-order valence-electron chi connectivity index (χ0n) is 18.5. The Kier molecular flexibility index (Phi) is 9.09. The lowest BCUT2D eigenvalue weighted by Gasteiger charge is -2.32. The average molecular weight is 526 g/mol. The molecule has 0 aliphatic rings. The quantitative estimate of drug-likeness (QED) is 0.514. The first-order chi connectivity index (χ1) is 15.1. The molecule has 2 rings (SSSR count). The Morgan fingerprint density at radius 1 is 1.16 bits per heavy atom. The fourth-order valence-corrected chi connectivity index (χ4v) is 4.39. The number of nitrogens with one attached hydrogen (secondary N) is 1. The molecule has 0 radical (unpaired) electrons. The molecular formula is C22H28BrN3O5S. The number of hydrogen-bond acceptors (Lipinski definition) is 5. The predicted molar refractivity (Wildman–Crippen MR) is 128 cm³/mol. The highest BCUT2D eigenvalue weighted by molar-refractivity contribution is 9.10. The van der Waals surface area contributed by atoms with E-state index in [1.165, 1.54) is 11.9 Å². The normalized spacial score (nSPS) is 12.0. The molecule has 0 aliphatic carbocycles. The molecule has 0 heterocycles.